The van der Waals surface area contributed by atoms with E-state index in [1.165, 1.54) is 25.3 Å². The molecular weight excluding hydrogens is 316 g/mol. The Morgan fingerprint density at radius 1 is 1.22 bits per heavy atom. The van der Waals surface area contributed by atoms with E-state index in [4.69, 9.17) is 4.74 Å². The zero-order valence-corrected chi connectivity index (χ0v) is 14.3. The lowest BCUT2D eigenvalue weighted by atomic mass is 10.2. The van der Waals surface area contributed by atoms with E-state index in [-0.39, 0.29) is 23.0 Å². The number of nitrogens with zero attached hydrogens (tertiary/aromatic N) is 1. The SMILES string of the molecule is CNS(=O)(=O)c1ccc(/C=C/C(=O)N2CC(C)OC(C)C2)cc1. The molecule has 0 bridgehead atoms. The maximum absolute atomic E-state index is 12.2. The van der Waals surface area contributed by atoms with Gasteiger partial charge in [-0.1, -0.05) is 12.1 Å². The van der Waals surface area contributed by atoms with E-state index in [0.29, 0.717) is 13.1 Å². The summed E-state index contributed by atoms with van der Waals surface area (Å²) in [4.78, 5) is 14.2. The van der Waals surface area contributed by atoms with Crippen LogP contribution in [0.2, 0.25) is 0 Å². The Balaban J connectivity index is 2.04. The van der Waals surface area contributed by atoms with Crippen molar-refractivity contribution in [2.45, 2.75) is 31.0 Å². The van der Waals surface area contributed by atoms with E-state index >= 15 is 0 Å². The predicted molar refractivity (Wildman–Crippen MR) is 88.3 cm³/mol. The average molecular weight is 338 g/mol. The molecule has 1 saturated heterocycles. The number of morpholine rings is 1. The van der Waals surface area contributed by atoms with Crippen LogP contribution < -0.4 is 4.72 Å². The van der Waals surface area contributed by atoms with Crippen molar-refractivity contribution in [3.8, 4) is 0 Å². The molecule has 1 fully saturated rings. The zero-order chi connectivity index (χ0) is 17.0. The number of carbonyl (C=O) groups is 1. The summed E-state index contributed by atoms with van der Waals surface area (Å²) >= 11 is 0. The van der Waals surface area contributed by atoms with Crippen molar-refractivity contribution < 1.29 is 17.9 Å². The number of ether oxygens (including phenoxy) is 1. The molecule has 2 unspecified atom stereocenters. The van der Waals surface area contributed by atoms with Gasteiger partial charge in [-0.3, -0.25) is 4.79 Å². The Kier molecular flexibility index (Phi) is 5.56. The molecule has 6 nitrogen and oxygen atoms in total. The van der Waals surface area contributed by atoms with E-state index in [1.54, 1.807) is 23.1 Å². The minimum atomic E-state index is -3.44. The lowest BCUT2D eigenvalue weighted by Gasteiger charge is -2.34. The summed E-state index contributed by atoms with van der Waals surface area (Å²) in [5.41, 5.74) is 0.766. The van der Waals surface area contributed by atoms with Gasteiger partial charge in [0.05, 0.1) is 17.1 Å². The Morgan fingerprint density at radius 3 is 2.30 bits per heavy atom. The normalized spacial score (nSPS) is 22.5. The van der Waals surface area contributed by atoms with Crippen LogP contribution >= 0.6 is 0 Å². The first kappa shape index (κ1) is 17.7. The Morgan fingerprint density at radius 2 is 1.78 bits per heavy atom. The largest absolute Gasteiger partial charge is 0.372 e. The molecule has 0 spiro atoms. The molecule has 1 aliphatic heterocycles. The highest BCUT2D eigenvalue weighted by atomic mass is 32.2. The Bertz CT molecular complexity index is 673. The summed E-state index contributed by atoms with van der Waals surface area (Å²) in [5, 5.41) is 0. The number of benzene rings is 1. The Labute approximate surface area is 137 Å². The smallest absolute Gasteiger partial charge is 0.246 e. The first-order chi connectivity index (χ1) is 10.8. The van der Waals surface area contributed by atoms with Crippen molar-refractivity contribution >= 4 is 22.0 Å². The molecule has 1 heterocycles. The van der Waals surface area contributed by atoms with Gasteiger partial charge < -0.3 is 9.64 Å². The molecule has 1 N–H and O–H groups in total. The monoisotopic (exact) mass is 338 g/mol. The second kappa shape index (κ2) is 7.25. The fourth-order valence-electron chi connectivity index (χ4n) is 2.51. The van der Waals surface area contributed by atoms with Crippen LogP contribution in [0.1, 0.15) is 19.4 Å². The second-order valence-corrected chi connectivity index (χ2v) is 7.50. The molecule has 0 radical (unpaired) electrons. The highest BCUT2D eigenvalue weighted by molar-refractivity contribution is 7.89. The molecule has 0 aromatic heterocycles. The van der Waals surface area contributed by atoms with Gasteiger partial charge in [0.25, 0.3) is 0 Å². The molecule has 1 aliphatic rings. The average Bonchev–Trinajstić information content (AvgIpc) is 2.52. The van der Waals surface area contributed by atoms with Gasteiger partial charge >= 0.3 is 0 Å². The van der Waals surface area contributed by atoms with E-state index in [9.17, 15) is 13.2 Å². The summed E-state index contributed by atoms with van der Waals surface area (Å²) in [6.45, 7) is 5.04. The van der Waals surface area contributed by atoms with E-state index in [1.807, 2.05) is 13.8 Å². The topological polar surface area (TPSA) is 75.7 Å². The number of sulfonamides is 1. The summed E-state index contributed by atoms with van der Waals surface area (Å²) in [6, 6.07) is 6.35. The van der Waals surface area contributed by atoms with Crippen LogP contribution in [0.3, 0.4) is 0 Å². The van der Waals surface area contributed by atoms with Gasteiger partial charge in [-0.15, -0.1) is 0 Å². The maximum atomic E-state index is 12.2. The first-order valence-electron chi connectivity index (χ1n) is 7.48. The number of hydrogen-bond acceptors (Lipinski definition) is 4. The van der Waals surface area contributed by atoms with Crippen LogP contribution in [0.15, 0.2) is 35.2 Å². The van der Waals surface area contributed by atoms with Crippen molar-refractivity contribution in [1.82, 2.24) is 9.62 Å². The first-order valence-corrected chi connectivity index (χ1v) is 8.96. The van der Waals surface area contributed by atoms with Crippen LogP contribution in [0.5, 0.6) is 0 Å². The molecule has 23 heavy (non-hydrogen) atoms. The third-order valence-corrected chi connectivity index (χ3v) is 5.04. The number of hydrogen-bond donors (Lipinski definition) is 1. The van der Waals surface area contributed by atoms with Gasteiger partial charge in [0.2, 0.25) is 15.9 Å². The Hall–Kier alpha value is -1.70. The molecule has 2 rings (SSSR count). The quantitative estimate of drug-likeness (QED) is 0.838. The van der Waals surface area contributed by atoms with Gasteiger partial charge in [-0.25, -0.2) is 13.1 Å². The highest BCUT2D eigenvalue weighted by Crippen LogP contribution is 2.13. The predicted octanol–water partition coefficient (Wildman–Crippen LogP) is 1.24. The minimum Gasteiger partial charge on any atom is -0.372 e. The highest BCUT2D eigenvalue weighted by Gasteiger charge is 2.24. The standard InChI is InChI=1S/C16H22N2O4S/c1-12-10-18(11-13(2)22-12)16(19)9-6-14-4-7-15(8-5-14)23(20,21)17-3/h4-9,12-13,17H,10-11H2,1-3H3/b9-6+. The van der Waals surface area contributed by atoms with Gasteiger partial charge in [0.1, 0.15) is 0 Å². The fraction of sp³-hybridized carbons (Fsp3) is 0.438. The van der Waals surface area contributed by atoms with Gasteiger partial charge in [0, 0.05) is 19.2 Å². The minimum absolute atomic E-state index is 0.0298. The lowest BCUT2D eigenvalue weighted by Crippen LogP contribution is -2.47. The number of carbonyl (C=O) groups excluding carboxylic acids is 1. The van der Waals surface area contributed by atoms with Crippen LogP contribution in [0.25, 0.3) is 6.08 Å². The van der Waals surface area contributed by atoms with E-state index in [0.717, 1.165) is 5.56 Å². The molecule has 0 aliphatic carbocycles. The molecule has 7 heteroatoms. The zero-order valence-electron chi connectivity index (χ0n) is 13.5. The van der Waals surface area contributed by atoms with Gasteiger partial charge in [-0.05, 0) is 44.7 Å². The molecule has 126 valence electrons. The summed E-state index contributed by atoms with van der Waals surface area (Å²) in [5.74, 6) is -0.0704. The molecular formula is C16H22N2O4S. The number of nitrogens with one attached hydrogen (secondary N) is 1. The lowest BCUT2D eigenvalue weighted by molar-refractivity contribution is -0.137. The van der Waals surface area contributed by atoms with E-state index in [2.05, 4.69) is 4.72 Å². The van der Waals surface area contributed by atoms with Gasteiger partial charge in [0.15, 0.2) is 0 Å². The van der Waals surface area contributed by atoms with Gasteiger partial charge in [-0.2, -0.15) is 0 Å². The van der Waals surface area contributed by atoms with Crippen LogP contribution in [-0.2, 0) is 19.6 Å². The second-order valence-electron chi connectivity index (χ2n) is 5.61. The molecule has 1 aromatic carbocycles. The number of rotatable bonds is 4. The maximum Gasteiger partial charge on any atom is 0.246 e. The third-order valence-electron chi connectivity index (χ3n) is 3.61. The fourth-order valence-corrected chi connectivity index (χ4v) is 3.24. The molecule has 1 amide bonds. The van der Waals surface area contributed by atoms with Crippen molar-refractivity contribution in [3.63, 3.8) is 0 Å². The van der Waals surface area contributed by atoms with Crippen molar-refractivity contribution in [3.05, 3.63) is 35.9 Å². The van der Waals surface area contributed by atoms with Crippen molar-refractivity contribution in [1.29, 1.82) is 0 Å². The van der Waals surface area contributed by atoms with Crippen LogP contribution in [-0.4, -0.2) is 51.6 Å². The van der Waals surface area contributed by atoms with Crippen LogP contribution in [0.4, 0.5) is 0 Å². The van der Waals surface area contributed by atoms with Crippen molar-refractivity contribution in [2.24, 2.45) is 0 Å². The van der Waals surface area contributed by atoms with E-state index < -0.39 is 10.0 Å². The summed E-state index contributed by atoms with van der Waals surface area (Å²) in [6.07, 6.45) is 3.25. The van der Waals surface area contributed by atoms with Crippen molar-refractivity contribution in [2.75, 3.05) is 20.1 Å². The molecule has 2 atom stereocenters. The number of amides is 1. The molecule has 0 saturated carbocycles. The third kappa shape index (κ3) is 4.63. The van der Waals surface area contributed by atoms with Crippen LogP contribution in [0, 0.1) is 0 Å². The summed E-state index contributed by atoms with van der Waals surface area (Å²) < 4.78 is 31.2. The molecule has 1 aromatic rings. The summed E-state index contributed by atoms with van der Waals surface area (Å²) in [7, 11) is -2.07.